The Kier molecular flexibility index (Phi) is 6.17. The minimum Gasteiger partial charge on any atom is -0.483 e. The predicted octanol–water partition coefficient (Wildman–Crippen LogP) is 2.95. The topological polar surface area (TPSA) is 58.6 Å². The van der Waals surface area contributed by atoms with Crippen LogP contribution in [-0.4, -0.2) is 37.4 Å². The highest BCUT2D eigenvalue weighted by molar-refractivity contribution is 5.92. The monoisotopic (exact) mass is 340 g/mol. The maximum Gasteiger partial charge on any atom is 0.262 e. The Hall–Kier alpha value is -2.82. The first-order chi connectivity index (χ1) is 11.9. The summed E-state index contributed by atoms with van der Waals surface area (Å²) in [6.45, 7) is 3.92. The van der Waals surface area contributed by atoms with Crippen molar-refractivity contribution in [2.24, 2.45) is 0 Å². The summed E-state index contributed by atoms with van der Waals surface area (Å²) in [5, 5.41) is 2.79. The lowest BCUT2D eigenvalue weighted by atomic mass is 10.1. The van der Waals surface area contributed by atoms with Gasteiger partial charge in [-0.2, -0.15) is 0 Å². The van der Waals surface area contributed by atoms with Gasteiger partial charge in [-0.15, -0.1) is 0 Å². The highest BCUT2D eigenvalue weighted by Gasteiger charge is 2.08. The molecule has 0 aromatic heterocycles. The Morgan fingerprint density at radius 3 is 2.36 bits per heavy atom. The van der Waals surface area contributed by atoms with Crippen LogP contribution in [0.3, 0.4) is 0 Å². The van der Waals surface area contributed by atoms with Crippen molar-refractivity contribution in [3.05, 3.63) is 59.2 Å². The summed E-state index contributed by atoms with van der Waals surface area (Å²) < 4.78 is 5.59. The fourth-order valence-electron chi connectivity index (χ4n) is 2.26. The van der Waals surface area contributed by atoms with Gasteiger partial charge in [0.25, 0.3) is 5.91 Å². The Morgan fingerprint density at radius 2 is 1.72 bits per heavy atom. The van der Waals surface area contributed by atoms with Crippen LogP contribution in [0.15, 0.2) is 42.5 Å². The maximum absolute atomic E-state index is 12.0. The molecule has 5 heteroatoms. The molecular formula is C20H24N2O3. The number of aryl methyl sites for hydroxylation is 1. The molecule has 132 valence electrons. The maximum atomic E-state index is 12.0. The fourth-order valence-corrected chi connectivity index (χ4v) is 2.26. The van der Waals surface area contributed by atoms with Crippen molar-refractivity contribution in [3.8, 4) is 5.75 Å². The van der Waals surface area contributed by atoms with Gasteiger partial charge < -0.3 is 15.0 Å². The molecule has 0 spiro atoms. The summed E-state index contributed by atoms with van der Waals surface area (Å²) in [7, 11) is 3.46. The molecule has 2 amide bonds. The lowest BCUT2D eigenvalue weighted by Crippen LogP contribution is -2.23. The van der Waals surface area contributed by atoms with Crippen LogP contribution >= 0.6 is 0 Å². The molecule has 0 bridgehead atoms. The van der Waals surface area contributed by atoms with Crippen LogP contribution in [0.1, 0.15) is 16.7 Å². The second-order valence-electron chi connectivity index (χ2n) is 6.20. The SMILES string of the molecule is Cc1cccc(OCC(=O)Nc2ccc(CC(=O)N(C)C)cc2)c1C. The molecule has 0 saturated heterocycles. The zero-order valence-electron chi connectivity index (χ0n) is 15.1. The first-order valence-electron chi connectivity index (χ1n) is 8.15. The molecule has 0 saturated carbocycles. The highest BCUT2D eigenvalue weighted by atomic mass is 16.5. The summed E-state index contributed by atoms with van der Waals surface area (Å²) in [5.74, 6) is 0.532. The number of likely N-dealkylation sites (N-methyl/N-ethyl adjacent to an activating group) is 1. The van der Waals surface area contributed by atoms with Crippen LogP contribution in [0, 0.1) is 13.8 Å². The Balaban J connectivity index is 1.88. The van der Waals surface area contributed by atoms with E-state index in [1.807, 2.05) is 44.2 Å². The molecule has 2 aromatic carbocycles. The fraction of sp³-hybridized carbons (Fsp3) is 0.300. The average Bonchev–Trinajstić information content (AvgIpc) is 2.58. The first-order valence-corrected chi connectivity index (χ1v) is 8.15. The van der Waals surface area contributed by atoms with Gasteiger partial charge in [0.1, 0.15) is 5.75 Å². The van der Waals surface area contributed by atoms with E-state index in [-0.39, 0.29) is 18.4 Å². The van der Waals surface area contributed by atoms with Gasteiger partial charge in [-0.3, -0.25) is 9.59 Å². The molecule has 2 aromatic rings. The molecular weight excluding hydrogens is 316 g/mol. The summed E-state index contributed by atoms with van der Waals surface area (Å²) in [5.41, 5.74) is 3.74. The van der Waals surface area contributed by atoms with Gasteiger partial charge >= 0.3 is 0 Å². The number of amides is 2. The van der Waals surface area contributed by atoms with Gasteiger partial charge in [0.05, 0.1) is 6.42 Å². The van der Waals surface area contributed by atoms with Crippen molar-refractivity contribution in [2.45, 2.75) is 20.3 Å². The first kappa shape index (κ1) is 18.5. The van der Waals surface area contributed by atoms with Crippen LogP contribution in [-0.2, 0) is 16.0 Å². The van der Waals surface area contributed by atoms with Crippen LogP contribution in [0.2, 0.25) is 0 Å². The lowest BCUT2D eigenvalue weighted by molar-refractivity contribution is -0.128. The van der Waals surface area contributed by atoms with Gasteiger partial charge in [-0.25, -0.2) is 0 Å². The quantitative estimate of drug-likeness (QED) is 0.879. The third-order valence-corrected chi connectivity index (χ3v) is 4.01. The van der Waals surface area contributed by atoms with Crippen LogP contribution in [0.4, 0.5) is 5.69 Å². The van der Waals surface area contributed by atoms with Crippen molar-refractivity contribution in [1.82, 2.24) is 4.90 Å². The number of carbonyl (C=O) groups excluding carboxylic acids is 2. The predicted molar refractivity (Wildman–Crippen MR) is 98.9 cm³/mol. The van der Waals surface area contributed by atoms with Crippen molar-refractivity contribution in [3.63, 3.8) is 0 Å². The number of hydrogen-bond acceptors (Lipinski definition) is 3. The molecule has 0 radical (unpaired) electrons. The van der Waals surface area contributed by atoms with Gasteiger partial charge in [0, 0.05) is 19.8 Å². The minimum absolute atomic E-state index is 0.0405. The number of benzene rings is 2. The minimum atomic E-state index is -0.224. The molecule has 5 nitrogen and oxygen atoms in total. The normalized spacial score (nSPS) is 10.2. The smallest absolute Gasteiger partial charge is 0.262 e. The largest absolute Gasteiger partial charge is 0.483 e. The van der Waals surface area contributed by atoms with Crippen molar-refractivity contribution >= 4 is 17.5 Å². The van der Waals surface area contributed by atoms with Gasteiger partial charge in [-0.05, 0) is 48.7 Å². The second-order valence-corrected chi connectivity index (χ2v) is 6.20. The van der Waals surface area contributed by atoms with E-state index in [0.717, 1.165) is 16.7 Å². The average molecular weight is 340 g/mol. The van der Waals surface area contributed by atoms with E-state index >= 15 is 0 Å². The molecule has 0 aliphatic carbocycles. The van der Waals surface area contributed by atoms with Gasteiger partial charge in [0.15, 0.2) is 6.61 Å². The van der Waals surface area contributed by atoms with E-state index in [4.69, 9.17) is 4.74 Å². The summed E-state index contributed by atoms with van der Waals surface area (Å²) >= 11 is 0. The van der Waals surface area contributed by atoms with E-state index in [9.17, 15) is 9.59 Å². The van der Waals surface area contributed by atoms with E-state index in [0.29, 0.717) is 17.9 Å². The van der Waals surface area contributed by atoms with Gasteiger partial charge in [0.2, 0.25) is 5.91 Å². The third kappa shape index (κ3) is 5.35. The molecule has 0 atom stereocenters. The number of nitrogens with zero attached hydrogens (tertiary/aromatic N) is 1. The Bertz CT molecular complexity index is 752. The highest BCUT2D eigenvalue weighted by Crippen LogP contribution is 2.20. The molecule has 0 unspecified atom stereocenters. The zero-order valence-corrected chi connectivity index (χ0v) is 15.1. The molecule has 25 heavy (non-hydrogen) atoms. The van der Waals surface area contributed by atoms with Crippen molar-refractivity contribution in [1.29, 1.82) is 0 Å². The summed E-state index contributed by atoms with van der Waals surface area (Å²) in [6.07, 6.45) is 0.344. The number of rotatable bonds is 6. The molecule has 0 heterocycles. The van der Waals surface area contributed by atoms with E-state index < -0.39 is 0 Å². The number of carbonyl (C=O) groups is 2. The molecule has 0 fully saturated rings. The number of hydrogen-bond donors (Lipinski definition) is 1. The second kappa shape index (κ2) is 8.33. The summed E-state index contributed by atoms with van der Waals surface area (Å²) in [4.78, 5) is 25.3. The van der Waals surface area contributed by atoms with Crippen molar-refractivity contribution in [2.75, 3.05) is 26.0 Å². The van der Waals surface area contributed by atoms with Crippen LogP contribution in [0.5, 0.6) is 5.75 Å². The summed E-state index contributed by atoms with van der Waals surface area (Å²) in [6, 6.07) is 13.0. The van der Waals surface area contributed by atoms with Crippen LogP contribution < -0.4 is 10.1 Å². The van der Waals surface area contributed by atoms with Crippen molar-refractivity contribution < 1.29 is 14.3 Å². The molecule has 1 N–H and O–H groups in total. The van der Waals surface area contributed by atoms with E-state index in [2.05, 4.69) is 5.32 Å². The third-order valence-electron chi connectivity index (χ3n) is 4.01. The molecule has 2 rings (SSSR count). The van der Waals surface area contributed by atoms with E-state index in [1.54, 1.807) is 31.1 Å². The molecule has 0 aliphatic rings. The number of ether oxygens (including phenoxy) is 1. The Labute approximate surface area is 148 Å². The van der Waals surface area contributed by atoms with E-state index in [1.165, 1.54) is 0 Å². The van der Waals surface area contributed by atoms with Gasteiger partial charge in [-0.1, -0.05) is 24.3 Å². The lowest BCUT2D eigenvalue weighted by Gasteiger charge is -2.12. The number of nitrogens with one attached hydrogen (secondary N) is 1. The molecule has 0 aliphatic heterocycles. The standard InChI is InChI=1S/C20H24N2O3/c1-14-6-5-7-18(15(14)2)25-13-19(23)21-17-10-8-16(9-11-17)12-20(24)22(3)4/h5-11H,12-13H2,1-4H3,(H,21,23). The zero-order chi connectivity index (χ0) is 18.4. The Morgan fingerprint density at radius 1 is 1.04 bits per heavy atom. The number of anilines is 1. The van der Waals surface area contributed by atoms with Crippen LogP contribution in [0.25, 0.3) is 0 Å².